The lowest BCUT2D eigenvalue weighted by Gasteiger charge is -2.39. The Balaban J connectivity index is 0.00000337. The number of urea groups is 1. The molecule has 4 aliphatic rings. The van der Waals surface area contributed by atoms with E-state index >= 15 is 0 Å². The third-order valence-corrected chi connectivity index (χ3v) is 9.06. The Morgan fingerprint density at radius 2 is 1.46 bits per heavy atom. The minimum Gasteiger partial charge on any atom is -0.338 e. The highest BCUT2D eigenvalue weighted by Gasteiger charge is 2.40. The van der Waals surface area contributed by atoms with Crippen LogP contribution in [0.15, 0.2) is 30.5 Å². The van der Waals surface area contributed by atoms with Gasteiger partial charge < -0.3 is 19.6 Å². The second-order valence-electron chi connectivity index (χ2n) is 11.8. The number of amides is 3. The van der Waals surface area contributed by atoms with Crippen molar-refractivity contribution in [1.82, 2.24) is 29.4 Å². The van der Waals surface area contributed by atoms with E-state index in [0.717, 1.165) is 63.6 Å². The third-order valence-electron chi connectivity index (χ3n) is 9.06. The van der Waals surface area contributed by atoms with E-state index in [9.17, 15) is 22.8 Å². The summed E-state index contributed by atoms with van der Waals surface area (Å²) in [5.41, 5.74) is 1.20. The van der Waals surface area contributed by atoms with E-state index in [2.05, 4.69) is 17.0 Å². The lowest BCUT2D eigenvalue weighted by molar-refractivity contribution is -0.138. The first-order valence-electron chi connectivity index (χ1n) is 14.5. The van der Waals surface area contributed by atoms with Gasteiger partial charge in [-0.2, -0.15) is 18.3 Å². The Morgan fingerprint density at radius 3 is 2.12 bits per heavy atom. The van der Waals surface area contributed by atoms with Crippen molar-refractivity contribution in [3.63, 3.8) is 0 Å². The van der Waals surface area contributed by atoms with Crippen molar-refractivity contribution < 1.29 is 22.8 Å². The van der Waals surface area contributed by atoms with Crippen molar-refractivity contribution in [2.75, 3.05) is 59.4 Å². The maximum absolute atomic E-state index is 13.7. The molecule has 0 unspecified atom stereocenters. The Morgan fingerprint density at radius 1 is 0.829 bits per heavy atom. The molecule has 41 heavy (non-hydrogen) atoms. The number of likely N-dealkylation sites (tertiary alicyclic amines) is 2. The van der Waals surface area contributed by atoms with Crippen LogP contribution in [0.1, 0.15) is 77.2 Å². The van der Waals surface area contributed by atoms with Crippen LogP contribution in [0, 0.1) is 0 Å². The Hall–Kier alpha value is -2.79. The fourth-order valence-electron chi connectivity index (χ4n) is 6.57. The molecule has 8 nitrogen and oxygen atoms in total. The standard InChI is InChI=1S/C29H37F3N6O2.ClH/c1-34-14-16-36(17-15-34)28(40)35-12-9-22(10-13-35)38-26(20-6-7-20)24(18-33-38)27(39)37-11-8-21(19-37)23-4-2-3-5-25(23)29(30,31)32;/h2-5,18,20-22H,6-17,19H2,1H3;1H/t21-;/m1./s1. The van der Waals surface area contributed by atoms with E-state index in [1.165, 1.54) is 12.1 Å². The number of hydrogen-bond donors (Lipinski definition) is 0. The third kappa shape index (κ3) is 6.07. The molecule has 2 aromatic rings. The number of piperazine rings is 1. The van der Waals surface area contributed by atoms with E-state index in [1.807, 2.05) is 14.5 Å². The topological polar surface area (TPSA) is 64.9 Å². The number of benzene rings is 1. The number of aromatic nitrogens is 2. The van der Waals surface area contributed by atoms with Crippen molar-refractivity contribution in [2.45, 2.75) is 56.2 Å². The SMILES string of the molecule is CN1CCN(C(=O)N2CCC(n3ncc(C(=O)N4CC[C@@H](c5ccccc5C(F)(F)F)C4)c3C3CC3)CC2)CC1.Cl. The molecule has 1 atom stereocenters. The number of rotatable bonds is 4. The van der Waals surface area contributed by atoms with Crippen LogP contribution in [0.4, 0.5) is 18.0 Å². The molecule has 0 bridgehead atoms. The average Bonchev–Trinajstić information content (AvgIpc) is 3.50. The summed E-state index contributed by atoms with van der Waals surface area (Å²) in [6.07, 6.45) is 1.34. The number of piperidine rings is 1. The number of carbonyl (C=O) groups is 2. The highest BCUT2D eigenvalue weighted by molar-refractivity contribution is 5.95. The largest absolute Gasteiger partial charge is 0.416 e. The van der Waals surface area contributed by atoms with Gasteiger partial charge in [-0.1, -0.05) is 18.2 Å². The maximum atomic E-state index is 13.7. The summed E-state index contributed by atoms with van der Waals surface area (Å²) < 4.78 is 42.9. The van der Waals surface area contributed by atoms with E-state index in [4.69, 9.17) is 0 Å². The molecule has 3 amide bonds. The lowest BCUT2D eigenvalue weighted by atomic mass is 9.93. The fraction of sp³-hybridized carbons (Fsp3) is 0.621. The minimum atomic E-state index is -4.42. The van der Waals surface area contributed by atoms with Gasteiger partial charge in [-0.25, -0.2) is 4.79 Å². The zero-order valence-corrected chi connectivity index (χ0v) is 24.2. The lowest BCUT2D eigenvalue weighted by Crippen LogP contribution is -2.53. The van der Waals surface area contributed by atoms with Crippen LogP contribution >= 0.6 is 12.4 Å². The zero-order chi connectivity index (χ0) is 28.0. The molecule has 0 radical (unpaired) electrons. The van der Waals surface area contributed by atoms with Crippen molar-refractivity contribution in [2.24, 2.45) is 0 Å². The van der Waals surface area contributed by atoms with Gasteiger partial charge in [-0.3, -0.25) is 9.48 Å². The first-order chi connectivity index (χ1) is 19.2. The predicted octanol–water partition coefficient (Wildman–Crippen LogP) is 4.84. The number of hydrogen-bond acceptors (Lipinski definition) is 4. The van der Waals surface area contributed by atoms with Gasteiger partial charge in [-0.15, -0.1) is 12.4 Å². The molecule has 1 aromatic heterocycles. The van der Waals surface area contributed by atoms with Crippen molar-refractivity contribution >= 4 is 24.3 Å². The second kappa shape index (κ2) is 11.8. The molecule has 4 fully saturated rings. The predicted molar refractivity (Wildman–Crippen MR) is 150 cm³/mol. The number of halogens is 4. The molecule has 1 aliphatic carbocycles. The van der Waals surface area contributed by atoms with Crippen LogP contribution in [-0.4, -0.2) is 101 Å². The smallest absolute Gasteiger partial charge is 0.338 e. The molecular formula is C29H38ClF3N6O2. The monoisotopic (exact) mass is 594 g/mol. The first-order valence-corrected chi connectivity index (χ1v) is 14.5. The second-order valence-corrected chi connectivity index (χ2v) is 11.8. The summed E-state index contributed by atoms with van der Waals surface area (Å²) in [5, 5.41) is 4.69. The molecule has 6 rings (SSSR count). The highest BCUT2D eigenvalue weighted by atomic mass is 35.5. The summed E-state index contributed by atoms with van der Waals surface area (Å²) in [6, 6.07) is 5.94. The summed E-state index contributed by atoms with van der Waals surface area (Å²) in [6.45, 7) is 5.32. The van der Waals surface area contributed by atoms with Gasteiger partial charge in [-0.05, 0) is 50.8 Å². The molecular weight excluding hydrogens is 557 g/mol. The first kappa shape index (κ1) is 29.7. The summed E-state index contributed by atoms with van der Waals surface area (Å²) in [5.74, 6) is -0.193. The molecule has 1 aromatic carbocycles. The number of nitrogens with zero attached hydrogens (tertiary/aromatic N) is 6. The van der Waals surface area contributed by atoms with Gasteiger partial charge >= 0.3 is 12.2 Å². The number of carbonyl (C=O) groups excluding carboxylic acids is 2. The van der Waals surface area contributed by atoms with Crippen molar-refractivity contribution in [3.8, 4) is 0 Å². The molecule has 4 heterocycles. The Bertz CT molecular complexity index is 1250. The van der Waals surface area contributed by atoms with E-state index in [0.29, 0.717) is 31.6 Å². The van der Waals surface area contributed by atoms with E-state index in [1.54, 1.807) is 17.2 Å². The molecule has 1 saturated carbocycles. The molecule has 3 aliphatic heterocycles. The number of likely N-dealkylation sites (N-methyl/N-ethyl adjacent to an activating group) is 1. The van der Waals surface area contributed by atoms with E-state index in [-0.39, 0.29) is 54.3 Å². The minimum absolute atomic E-state index is 0. The van der Waals surface area contributed by atoms with Gasteiger partial charge in [0.1, 0.15) is 0 Å². The van der Waals surface area contributed by atoms with Crippen molar-refractivity contribution in [3.05, 3.63) is 52.8 Å². The van der Waals surface area contributed by atoms with Gasteiger partial charge in [0, 0.05) is 64.2 Å². The number of alkyl halides is 3. The van der Waals surface area contributed by atoms with Gasteiger partial charge in [0.05, 0.1) is 29.1 Å². The summed E-state index contributed by atoms with van der Waals surface area (Å²) >= 11 is 0. The Kier molecular flexibility index (Phi) is 8.57. The van der Waals surface area contributed by atoms with Gasteiger partial charge in [0.2, 0.25) is 0 Å². The Labute approximate surface area is 244 Å². The fourth-order valence-corrected chi connectivity index (χ4v) is 6.57. The quantitative estimate of drug-likeness (QED) is 0.508. The van der Waals surface area contributed by atoms with Gasteiger partial charge in [0.15, 0.2) is 0 Å². The molecule has 3 saturated heterocycles. The normalized spacial score (nSPS) is 22.6. The van der Waals surface area contributed by atoms with Crippen LogP contribution < -0.4 is 0 Å². The maximum Gasteiger partial charge on any atom is 0.416 e. The van der Waals surface area contributed by atoms with Crippen molar-refractivity contribution in [1.29, 1.82) is 0 Å². The zero-order valence-electron chi connectivity index (χ0n) is 23.4. The molecule has 224 valence electrons. The highest BCUT2D eigenvalue weighted by Crippen LogP contribution is 2.44. The average molecular weight is 595 g/mol. The van der Waals surface area contributed by atoms with Crippen LogP contribution in [-0.2, 0) is 6.18 Å². The van der Waals surface area contributed by atoms with Crippen LogP contribution in [0.25, 0.3) is 0 Å². The molecule has 0 spiro atoms. The summed E-state index contributed by atoms with van der Waals surface area (Å²) in [4.78, 5) is 34.5. The molecule has 12 heteroatoms. The van der Waals surface area contributed by atoms with Crippen LogP contribution in [0.3, 0.4) is 0 Å². The van der Waals surface area contributed by atoms with Crippen LogP contribution in [0.5, 0.6) is 0 Å². The summed E-state index contributed by atoms with van der Waals surface area (Å²) in [7, 11) is 2.07. The van der Waals surface area contributed by atoms with Gasteiger partial charge in [0.25, 0.3) is 5.91 Å². The molecule has 0 N–H and O–H groups in total. The van der Waals surface area contributed by atoms with Crippen LogP contribution in [0.2, 0.25) is 0 Å². The van der Waals surface area contributed by atoms with E-state index < -0.39 is 11.7 Å².